The summed E-state index contributed by atoms with van der Waals surface area (Å²) in [5.41, 5.74) is 1.71. The molecule has 152 valence electrons. The van der Waals surface area contributed by atoms with Gasteiger partial charge in [0.2, 0.25) is 11.8 Å². The number of hydrogen-bond donors (Lipinski definition) is 0. The highest BCUT2D eigenvalue weighted by molar-refractivity contribution is 6.33. The molecule has 8 heteroatoms. The lowest BCUT2D eigenvalue weighted by Crippen LogP contribution is -2.36. The number of halogens is 1. The van der Waals surface area contributed by atoms with Gasteiger partial charge >= 0.3 is 0 Å². The van der Waals surface area contributed by atoms with Crippen molar-refractivity contribution in [2.24, 2.45) is 0 Å². The average Bonchev–Trinajstić information content (AvgIpc) is 3.42. The first-order chi connectivity index (χ1) is 14.5. The van der Waals surface area contributed by atoms with Gasteiger partial charge in [0, 0.05) is 17.7 Å². The van der Waals surface area contributed by atoms with E-state index in [2.05, 4.69) is 15.4 Å². The Morgan fingerprint density at radius 1 is 1.07 bits per heavy atom. The van der Waals surface area contributed by atoms with Gasteiger partial charge in [-0.1, -0.05) is 59.2 Å². The zero-order valence-electron chi connectivity index (χ0n) is 16.4. The van der Waals surface area contributed by atoms with Gasteiger partial charge in [-0.3, -0.25) is 4.79 Å². The molecule has 2 aromatic heterocycles. The number of benzene rings is 2. The van der Waals surface area contributed by atoms with E-state index in [4.69, 9.17) is 20.5 Å². The Hall–Kier alpha value is -3.45. The molecule has 0 spiro atoms. The predicted octanol–water partition coefficient (Wildman–Crippen LogP) is 5.10. The summed E-state index contributed by atoms with van der Waals surface area (Å²) >= 11 is 6.20. The third-order valence-corrected chi connectivity index (χ3v) is 4.88. The molecule has 0 aliphatic heterocycles. The molecule has 4 rings (SSSR count). The van der Waals surface area contributed by atoms with E-state index in [0.717, 1.165) is 5.56 Å². The van der Waals surface area contributed by atoms with Crippen LogP contribution < -0.4 is 0 Å². The van der Waals surface area contributed by atoms with Crippen LogP contribution in [0.5, 0.6) is 0 Å². The second-order valence-corrected chi connectivity index (χ2v) is 7.36. The highest BCUT2D eigenvalue weighted by Crippen LogP contribution is 2.27. The van der Waals surface area contributed by atoms with E-state index >= 15 is 0 Å². The van der Waals surface area contributed by atoms with Crippen molar-refractivity contribution >= 4 is 17.5 Å². The highest BCUT2D eigenvalue weighted by Gasteiger charge is 2.25. The molecule has 0 saturated carbocycles. The van der Waals surface area contributed by atoms with Gasteiger partial charge in [0.05, 0.1) is 17.1 Å². The number of hydrogen-bond acceptors (Lipinski definition) is 6. The van der Waals surface area contributed by atoms with E-state index in [1.54, 1.807) is 23.1 Å². The molecule has 0 radical (unpaired) electrons. The molecule has 0 saturated heterocycles. The molecule has 0 aliphatic rings. The highest BCUT2D eigenvalue weighted by atomic mass is 35.5. The number of nitrogens with zero attached hydrogens (tertiary/aromatic N) is 4. The number of carbonyl (C=O) groups is 1. The number of carbonyl (C=O) groups excluding carboxylic acids is 1. The summed E-state index contributed by atoms with van der Waals surface area (Å²) in [6, 6.07) is 18.2. The lowest BCUT2D eigenvalue weighted by Gasteiger charge is -2.23. The fraction of sp³-hybridized carbons (Fsp3) is 0.182. The predicted molar refractivity (Wildman–Crippen MR) is 112 cm³/mol. The minimum Gasteiger partial charge on any atom is -0.419 e. The monoisotopic (exact) mass is 422 g/mol. The maximum absolute atomic E-state index is 13.1. The third-order valence-electron chi connectivity index (χ3n) is 4.55. The van der Waals surface area contributed by atoms with E-state index in [0.29, 0.717) is 28.1 Å². The summed E-state index contributed by atoms with van der Waals surface area (Å²) in [7, 11) is 0. The van der Waals surface area contributed by atoms with Crippen LogP contribution in [0.15, 0.2) is 69.6 Å². The summed E-state index contributed by atoms with van der Waals surface area (Å²) < 4.78 is 11.1. The van der Waals surface area contributed by atoms with Crippen molar-refractivity contribution in [2.45, 2.75) is 26.4 Å². The number of aromatic nitrogens is 3. The van der Waals surface area contributed by atoms with Crippen molar-refractivity contribution in [3.05, 3.63) is 77.3 Å². The Labute approximate surface area is 178 Å². The SMILES string of the molecule is CC(C)N(Cc1nnc(-c2ccccc2Cl)o1)C(=O)c1cc(-c2ccccc2)on1. The fourth-order valence-electron chi connectivity index (χ4n) is 2.96. The van der Waals surface area contributed by atoms with Crippen molar-refractivity contribution in [1.29, 1.82) is 0 Å². The van der Waals surface area contributed by atoms with Crippen molar-refractivity contribution in [1.82, 2.24) is 20.3 Å². The van der Waals surface area contributed by atoms with E-state index in [1.165, 1.54) is 0 Å². The van der Waals surface area contributed by atoms with Gasteiger partial charge in [-0.15, -0.1) is 10.2 Å². The van der Waals surface area contributed by atoms with Gasteiger partial charge in [-0.2, -0.15) is 0 Å². The molecule has 0 N–H and O–H groups in total. The second kappa shape index (κ2) is 8.51. The lowest BCUT2D eigenvalue weighted by atomic mass is 10.1. The fourth-order valence-corrected chi connectivity index (χ4v) is 3.17. The van der Waals surface area contributed by atoms with Crippen LogP contribution in [-0.2, 0) is 6.54 Å². The largest absolute Gasteiger partial charge is 0.419 e. The lowest BCUT2D eigenvalue weighted by molar-refractivity contribution is 0.0662. The van der Waals surface area contributed by atoms with Gasteiger partial charge in [0.25, 0.3) is 5.91 Å². The molecule has 4 aromatic rings. The first-order valence-corrected chi connectivity index (χ1v) is 9.81. The van der Waals surface area contributed by atoms with Gasteiger partial charge in [0.1, 0.15) is 0 Å². The minimum absolute atomic E-state index is 0.120. The third kappa shape index (κ3) is 4.11. The number of rotatable bonds is 6. The Bertz CT molecular complexity index is 1150. The molecule has 7 nitrogen and oxygen atoms in total. The van der Waals surface area contributed by atoms with E-state index < -0.39 is 0 Å². The summed E-state index contributed by atoms with van der Waals surface area (Å²) in [5.74, 6) is 0.855. The Morgan fingerprint density at radius 2 is 1.80 bits per heavy atom. The smallest absolute Gasteiger partial charge is 0.276 e. The Morgan fingerprint density at radius 3 is 2.53 bits per heavy atom. The topological polar surface area (TPSA) is 85.3 Å². The summed E-state index contributed by atoms with van der Waals surface area (Å²) in [5, 5.41) is 12.6. The van der Waals surface area contributed by atoms with Crippen LogP contribution in [0.25, 0.3) is 22.8 Å². The van der Waals surface area contributed by atoms with Gasteiger partial charge < -0.3 is 13.8 Å². The van der Waals surface area contributed by atoms with E-state index in [9.17, 15) is 4.79 Å². The zero-order chi connectivity index (χ0) is 21.1. The molecule has 0 unspecified atom stereocenters. The summed E-state index contributed by atoms with van der Waals surface area (Å²) in [4.78, 5) is 14.7. The van der Waals surface area contributed by atoms with Crippen LogP contribution in [0.4, 0.5) is 0 Å². The van der Waals surface area contributed by atoms with Gasteiger partial charge in [-0.05, 0) is 26.0 Å². The van der Waals surface area contributed by atoms with Crippen molar-refractivity contribution in [3.8, 4) is 22.8 Å². The molecule has 0 aliphatic carbocycles. The molecule has 2 aromatic carbocycles. The molecule has 1 amide bonds. The van der Waals surface area contributed by atoms with E-state index in [1.807, 2.05) is 56.3 Å². The Kier molecular flexibility index (Phi) is 5.63. The molecular weight excluding hydrogens is 404 g/mol. The van der Waals surface area contributed by atoms with Crippen molar-refractivity contribution < 1.29 is 13.7 Å². The van der Waals surface area contributed by atoms with Crippen LogP contribution in [-0.4, -0.2) is 32.2 Å². The molecule has 30 heavy (non-hydrogen) atoms. The van der Waals surface area contributed by atoms with Crippen LogP contribution in [0.3, 0.4) is 0 Å². The maximum Gasteiger partial charge on any atom is 0.276 e. The summed E-state index contributed by atoms with van der Waals surface area (Å²) in [6.45, 7) is 3.95. The standard InChI is InChI=1S/C22H19ClN4O3/c1-14(2)27(13-20-24-25-21(29-20)16-10-6-7-11-17(16)23)22(28)18-12-19(30-26-18)15-8-4-3-5-9-15/h3-12,14H,13H2,1-2H3. The average molecular weight is 423 g/mol. The van der Waals surface area contributed by atoms with E-state index in [-0.39, 0.29) is 24.2 Å². The normalized spacial score (nSPS) is 11.1. The van der Waals surface area contributed by atoms with Crippen molar-refractivity contribution in [3.63, 3.8) is 0 Å². The van der Waals surface area contributed by atoms with Crippen LogP contribution in [0.1, 0.15) is 30.2 Å². The van der Waals surface area contributed by atoms with Gasteiger partial charge in [-0.25, -0.2) is 0 Å². The first kappa shape index (κ1) is 19.8. The quantitative estimate of drug-likeness (QED) is 0.430. The van der Waals surface area contributed by atoms with Crippen LogP contribution in [0.2, 0.25) is 5.02 Å². The molecule has 0 bridgehead atoms. The minimum atomic E-state index is -0.284. The Balaban J connectivity index is 1.54. The summed E-state index contributed by atoms with van der Waals surface area (Å²) in [6.07, 6.45) is 0. The molecule has 2 heterocycles. The van der Waals surface area contributed by atoms with Crippen LogP contribution >= 0.6 is 11.6 Å². The maximum atomic E-state index is 13.1. The molecule has 0 fully saturated rings. The van der Waals surface area contributed by atoms with Crippen LogP contribution in [0, 0.1) is 0 Å². The zero-order valence-corrected chi connectivity index (χ0v) is 17.2. The second-order valence-electron chi connectivity index (χ2n) is 6.95. The van der Waals surface area contributed by atoms with Crippen molar-refractivity contribution in [2.75, 3.05) is 0 Å². The molecular formula is C22H19ClN4O3. The van der Waals surface area contributed by atoms with Gasteiger partial charge in [0.15, 0.2) is 11.5 Å². The number of amides is 1. The molecule has 0 atom stereocenters. The first-order valence-electron chi connectivity index (χ1n) is 9.43.